The molecule has 1 amide bonds. The Hall–Kier alpha value is -2.01. The molecule has 0 aliphatic rings. The first-order valence-electron chi connectivity index (χ1n) is 7.04. The molecule has 0 aliphatic carbocycles. The number of amides is 1. The van der Waals surface area contributed by atoms with E-state index in [1.54, 1.807) is 0 Å². The fourth-order valence-corrected chi connectivity index (χ4v) is 2.40. The Balaban J connectivity index is 2.11. The summed E-state index contributed by atoms with van der Waals surface area (Å²) in [4.78, 5) is 12.0. The molecule has 0 spiro atoms. The summed E-state index contributed by atoms with van der Waals surface area (Å²) < 4.78 is 38.4. The standard InChI is InChI=1S/C17H15ClF3NO/c1-2-11-4-3-5-12(8-11)9-16(23)22-13-6-7-15(18)14(10-13)17(19,20)21/h3-8,10H,2,9H2,1H3,(H,22,23). The molecule has 0 atom stereocenters. The van der Waals surface area contributed by atoms with Crippen LogP contribution in [0.15, 0.2) is 42.5 Å². The molecule has 0 fully saturated rings. The maximum absolute atomic E-state index is 12.8. The molecule has 0 aromatic heterocycles. The van der Waals surface area contributed by atoms with Gasteiger partial charge in [-0.3, -0.25) is 4.79 Å². The largest absolute Gasteiger partial charge is 0.417 e. The Morgan fingerprint density at radius 2 is 1.83 bits per heavy atom. The van der Waals surface area contributed by atoms with E-state index < -0.39 is 16.8 Å². The topological polar surface area (TPSA) is 29.1 Å². The van der Waals surface area contributed by atoms with Gasteiger partial charge in [0.2, 0.25) is 5.91 Å². The number of anilines is 1. The summed E-state index contributed by atoms with van der Waals surface area (Å²) in [6, 6.07) is 10.8. The highest BCUT2D eigenvalue weighted by molar-refractivity contribution is 6.31. The van der Waals surface area contributed by atoms with Gasteiger partial charge in [-0.2, -0.15) is 13.2 Å². The summed E-state index contributed by atoms with van der Waals surface area (Å²) in [6.45, 7) is 2.01. The fraction of sp³-hybridized carbons (Fsp3) is 0.235. The van der Waals surface area contributed by atoms with Crippen LogP contribution in [0.25, 0.3) is 0 Å². The lowest BCUT2D eigenvalue weighted by molar-refractivity contribution is -0.137. The molecule has 2 nitrogen and oxygen atoms in total. The molecule has 0 saturated carbocycles. The van der Waals surface area contributed by atoms with Gasteiger partial charge >= 0.3 is 6.18 Å². The number of hydrogen-bond donors (Lipinski definition) is 1. The molecule has 2 rings (SSSR count). The lowest BCUT2D eigenvalue weighted by Gasteiger charge is -2.12. The van der Waals surface area contributed by atoms with Gasteiger partial charge in [-0.1, -0.05) is 42.8 Å². The van der Waals surface area contributed by atoms with Crippen molar-refractivity contribution in [2.75, 3.05) is 5.32 Å². The minimum absolute atomic E-state index is 0.0679. The highest BCUT2D eigenvalue weighted by Gasteiger charge is 2.33. The van der Waals surface area contributed by atoms with E-state index >= 15 is 0 Å². The summed E-state index contributed by atoms with van der Waals surface area (Å²) >= 11 is 5.55. The Labute approximate surface area is 137 Å². The molecule has 0 saturated heterocycles. The predicted octanol–water partition coefficient (Wildman–Crippen LogP) is 5.10. The first-order valence-corrected chi connectivity index (χ1v) is 7.42. The summed E-state index contributed by atoms with van der Waals surface area (Å²) in [5.74, 6) is -0.381. The Kier molecular flexibility index (Phi) is 5.31. The van der Waals surface area contributed by atoms with Crippen LogP contribution in [0, 0.1) is 0 Å². The number of benzene rings is 2. The molecule has 1 N–H and O–H groups in total. The van der Waals surface area contributed by atoms with Crippen LogP contribution in [0.3, 0.4) is 0 Å². The Bertz CT molecular complexity index is 713. The van der Waals surface area contributed by atoms with Crippen LogP contribution in [0.4, 0.5) is 18.9 Å². The van der Waals surface area contributed by atoms with Crippen molar-refractivity contribution in [1.29, 1.82) is 0 Å². The molecule has 0 heterocycles. The molecule has 23 heavy (non-hydrogen) atoms. The van der Waals surface area contributed by atoms with E-state index in [0.29, 0.717) is 0 Å². The van der Waals surface area contributed by atoms with Crippen LogP contribution in [0.5, 0.6) is 0 Å². The minimum Gasteiger partial charge on any atom is -0.326 e. The summed E-state index contributed by atoms with van der Waals surface area (Å²) in [6.07, 6.45) is -3.62. The quantitative estimate of drug-likeness (QED) is 0.823. The lowest BCUT2D eigenvalue weighted by atomic mass is 10.1. The lowest BCUT2D eigenvalue weighted by Crippen LogP contribution is -2.15. The average Bonchev–Trinajstić information content (AvgIpc) is 2.48. The maximum Gasteiger partial charge on any atom is 0.417 e. The zero-order valence-corrected chi connectivity index (χ0v) is 13.1. The zero-order chi connectivity index (χ0) is 17.0. The van der Waals surface area contributed by atoms with Crippen molar-refractivity contribution in [3.05, 3.63) is 64.2 Å². The van der Waals surface area contributed by atoms with Crippen molar-refractivity contribution in [2.24, 2.45) is 0 Å². The smallest absolute Gasteiger partial charge is 0.326 e. The molecule has 6 heteroatoms. The van der Waals surface area contributed by atoms with Gasteiger partial charge in [-0.05, 0) is 35.7 Å². The van der Waals surface area contributed by atoms with E-state index in [9.17, 15) is 18.0 Å². The molecule has 122 valence electrons. The van der Waals surface area contributed by atoms with Gasteiger partial charge in [0.15, 0.2) is 0 Å². The van der Waals surface area contributed by atoms with Crippen LogP contribution in [-0.2, 0) is 23.8 Å². The van der Waals surface area contributed by atoms with Crippen molar-refractivity contribution in [3.63, 3.8) is 0 Å². The number of halogens is 4. The molecular formula is C17H15ClF3NO. The first-order chi connectivity index (χ1) is 10.8. The number of alkyl halides is 3. The molecule has 0 aliphatic heterocycles. The van der Waals surface area contributed by atoms with Gasteiger partial charge < -0.3 is 5.32 Å². The van der Waals surface area contributed by atoms with Crippen molar-refractivity contribution in [3.8, 4) is 0 Å². The first kappa shape index (κ1) is 17.3. The van der Waals surface area contributed by atoms with Crippen LogP contribution >= 0.6 is 11.6 Å². The number of rotatable bonds is 4. The van der Waals surface area contributed by atoms with E-state index in [-0.39, 0.29) is 18.0 Å². The Morgan fingerprint density at radius 3 is 2.48 bits per heavy atom. The van der Waals surface area contributed by atoms with E-state index in [2.05, 4.69) is 5.32 Å². The fourth-order valence-electron chi connectivity index (χ4n) is 2.17. The second kappa shape index (κ2) is 7.04. The van der Waals surface area contributed by atoms with Gasteiger partial charge in [0, 0.05) is 5.69 Å². The van der Waals surface area contributed by atoms with Crippen molar-refractivity contribution < 1.29 is 18.0 Å². The third kappa shape index (κ3) is 4.73. The van der Waals surface area contributed by atoms with Gasteiger partial charge in [0.25, 0.3) is 0 Å². The van der Waals surface area contributed by atoms with Gasteiger partial charge in [0.1, 0.15) is 0 Å². The number of carbonyl (C=O) groups is 1. The van der Waals surface area contributed by atoms with Crippen LogP contribution in [0.2, 0.25) is 5.02 Å². The number of nitrogens with one attached hydrogen (secondary N) is 1. The second-order valence-corrected chi connectivity index (χ2v) is 5.50. The highest BCUT2D eigenvalue weighted by Crippen LogP contribution is 2.36. The monoisotopic (exact) mass is 341 g/mol. The zero-order valence-electron chi connectivity index (χ0n) is 12.4. The molecule has 0 unspecified atom stereocenters. The average molecular weight is 342 g/mol. The predicted molar refractivity (Wildman–Crippen MR) is 84.6 cm³/mol. The number of hydrogen-bond acceptors (Lipinski definition) is 1. The Morgan fingerprint density at radius 1 is 1.13 bits per heavy atom. The molecule has 0 radical (unpaired) electrons. The highest BCUT2D eigenvalue weighted by atomic mass is 35.5. The third-order valence-electron chi connectivity index (χ3n) is 3.32. The van der Waals surface area contributed by atoms with E-state index in [4.69, 9.17) is 11.6 Å². The number of aryl methyl sites for hydroxylation is 1. The molecule has 2 aromatic carbocycles. The van der Waals surface area contributed by atoms with Gasteiger partial charge in [-0.15, -0.1) is 0 Å². The molecular weight excluding hydrogens is 327 g/mol. The van der Waals surface area contributed by atoms with Crippen molar-refractivity contribution in [2.45, 2.75) is 25.9 Å². The third-order valence-corrected chi connectivity index (χ3v) is 3.65. The van der Waals surface area contributed by atoms with Crippen LogP contribution < -0.4 is 5.32 Å². The van der Waals surface area contributed by atoms with Crippen LogP contribution in [0.1, 0.15) is 23.6 Å². The molecule has 2 aromatic rings. The van der Waals surface area contributed by atoms with Crippen molar-refractivity contribution in [1.82, 2.24) is 0 Å². The SMILES string of the molecule is CCc1cccc(CC(=O)Nc2ccc(Cl)c(C(F)(F)F)c2)c1. The summed E-state index contributed by atoms with van der Waals surface area (Å²) in [5.41, 5.74) is 1.01. The van der Waals surface area contributed by atoms with Gasteiger partial charge in [0.05, 0.1) is 17.0 Å². The number of carbonyl (C=O) groups excluding carboxylic acids is 1. The van der Waals surface area contributed by atoms with Gasteiger partial charge in [-0.25, -0.2) is 0 Å². The second-order valence-electron chi connectivity index (χ2n) is 5.09. The van der Waals surface area contributed by atoms with E-state index in [1.165, 1.54) is 6.07 Å². The normalized spacial score (nSPS) is 11.3. The van der Waals surface area contributed by atoms with E-state index in [0.717, 1.165) is 29.7 Å². The van der Waals surface area contributed by atoms with Crippen LogP contribution in [-0.4, -0.2) is 5.91 Å². The van der Waals surface area contributed by atoms with E-state index in [1.807, 2.05) is 31.2 Å². The molecule has 0 bridgehead atoms. The maximum atomic E-state index is 12.8. The van der Waals surface area contributed by atoms with Crippen molar-refractivity contribution >= 4 is 23.2 Å². The summed E-state index contributed by atoms with van der Waals surface area (Å²) in [7, 11) is 0. The minimum atomic E-state index is -4.56. The summed E-state index contributed by atoms with van der Waals surface area (Å²) in [5, 5.41) is 2.07.